The molecule has 0 rings (SSSR count). The second kappa shape index (κ2) is 4.33. The monoisotopic (exact) mass is 154 g/mol. The van der Waals surface area contributed by atoms with Crippen molar-refractivity contribution in [1.29, 1.82) is 0 Å². The van der Waals surface area contributed by atoms with Crippen molar-refractivity contribution in [2.24, 2.45) is 0 Å². The summed E-state index contributed by atoms with van der Waals surface area (Å²) in [5.74, 6) is -3.03. The van der Waals surface area contributed by atoms with Crippen LogP contribution in [0, 0.1) is 0 Å². The van der Waals surface area contributed by atoms with Crippen LogP contribution in [0.1, 0.15) is 0 Å². The Morgan fingerprint density at radius 1 is 1.50 bits per heavy atom. The fourth-order valence-electron chi connectivity index (χ4n) is 0.322. The van der Waals surface area contributed by atoms with Gasteiger partial charge in [0.2, 0.25) is 0 Å². The van der Waals surface area contributed by atoms with Gasteiger partial charge in [0, 0.05) is 0 Å². The summed E-state index contributed by atoms with van der Waals surface area (Å²) in [6.45, 7) is 1.07. The molecule has 1 nitrogen and oxygen atoms in total. The van der Waals surface area contributed by atoms with Crippen LogP contribution in [0.25, 0.3) is 0 Å². The fraction of sp³-hybridized carbons (Fsp3) is 0.667. The second-order valence-corrected chi connectivity index (χ2v) is 1.71. The molecule has 0 N–H and O–H groups in total. The van der Waals surface area contributed by atoms with E-state index in [0.717, 1.165) is 0 Å². The highest BCUT2D eigenvalue weighted by Crippen LogP contribution is 2.13. The Bertz CT molecular complexity index is 103. The zero-order valence-electron chi connectivity index (χ0n) is 5.45. The summed E-state index contributed by atoms with van der Waals surface area (Å²) in [7, 11) is 0. The molecule has 0 saturated heterocycles. The average Bonchev–Trinajstić information content (AvgIpc) is 1.89. The third-order valence-corrected chi connectivity index (χ3v) is 0.815. The summed E-state index contributed by atoms with van der Waals surface area (Å²) in [5.41, 5.74) is 0. The number of hydrogen-bond acceptors (Lipinski definition) is 1. The molecule has 0 bridgehead atoms. The van der Waals surface area contributed by atoms with Crippen LogP contribution in [0.15, 0.2) is 12.7 Å². The first-order valence-corrected chi connectivity index (χ1v) is 2.77. The van der Waals surface area contributed by atoms with Gasteiger partial charge in [0.25, 0.3) is 5.92 Å². The highest BCUT2D eigenvalue weighted by molar-refractivity contribution is 4.86. The predicted molar refractivity (Wildman–Crippen MR) is 31.9 cm³/mol. The molecule has 0 aliphatic heterocycles. The van der Waals surface area contributed by atoms with Gasteiger partial charge in [-0.3, -0.25) is 0 Å². The van der Waals surface area contributed by atoms with Gasteiger partial charge in [-0.05, 0) is 6.08 Å². The lowest BCUT2D eigenvalue weighted by Crippen LogP contribution is -2.20. The molecule has 0 heterocycles. The second-order valence-electron chi connectivity index (χ2n) is 1.71. The van der Waals surface area contributed by atoms with Crippen molar-refractivity contribution >= 4 is 0 Å². The SMILES string of the molecule is C=CC(F)(F)COCCF. The van der Waals surface area contributed by atoms with Gasteiger partial charge in [0.15, 0.2) is 0 Å². The lowest BCUT2D eigenvalue weighted by Gasteiger charge is -2.09. The third kappa shape index (κ3) is 4.38. The number of rotatable bonds is 5. The van der Waals surface area contributed by atoms with E-state index in [-0.39, 0.29) is 6.61 Å². The zero-order valence-corrected chi connectivity index (χ0v) is 5.45. The Hall–Kier alpha value is -0.510. The highest BCUT2D eigenvalue weighted by atomic mass is 19.3. The van der Waals surface area contributed by atoms with Crippen molar-refractivity contribution < 1.29 is 17.9 Å². The summed E-state index contributed by atoms with van der Waals surface area (Å²) in [6.07, 6.45) is 0.477. The largest absolute Gasteiger partial charge is 0.372 e. The molecule has 0 aromatic rings. The van der Waals surface area contributed by atoms with E-state index in [0.29, 0.717) is 6.08 Å². The Kier molecular flexibility index (Phi) is 4.11. The van der Waals surface area contributed by atoms with Gasteiger partial charge in [-0.15, -0.1) is 0 Å². The molecule has 60 valence electrons. The van der Waals surface area contributed by atoms with Crippen molar-refractivity contribution in [3.63, 3.8) is 0 Å². The van der Waals surface area contributed by atoms with Gasteiger partial charge in [-0.1, -0.05) is 6.58 Å². The molecule has 0 atom stereocenters. The van der Waals surface area contributed by atoms with Crippen LogP contribution in [-0.2, 0) is 4.74 Å². The fourth-order valence-corrected chi connectivity index (χ4v) is 0.322. The minimum absolute atomic E-state index is 0.288. The summed E-state index contributed by atoms with van der Waals surface area (Å²) in [6, 6.07) is 0. The van der Waals surface area contributed by atoms with Crippen LogP contribution in [0.2, 0.25) is 0 Å². The van der Waals surface area contributed by atoms with Gasteiger partial charge >= 0.3 is 0 Å². The van der Waals surface area contributed by atoms with Crippen molar-refractivity contribution in [2.45, 2.75) is 5.92 Å². The molecule has 10 heavy (non-hydrogen) atoms. The maximum Gasteiger partial charge on any atom is 0.289 e. The molecular weight excluding hydrogens is 145 g/mol. The van der Waals surface area contributed by atoms with Crippen LogP contribution >= 0.6 is 0 Å². The van der Waals surface area contributed by atoms with Crippen molar-refractivity contribution in [1.82, 2.24) is 0 Å². The van der Waals surface area contributed by atoms with Crippen molar-refractivity contribution in [3.8, 4) is 0 Å². The van der Waals surface area contributed by atoms with Crippen LogP contribution in [0.3, 0.4) is 0 Å². The maximum atomic E-state index is 12.1. The normalized spacial score (nSPS) is 11.5. The Balaban J connectivity index is 3.37. The molecule has 0 aromatic carbocycles. The van der Waals surface area contributed by atoms with E-state index >= 15 is 0 Å². The standard InChI is InChI=1S/C6H9F3O/c1-2-6(8,9)5-10-4-3-7/h2H,1,3-5H2. The molecule has 4 heteroatoms. The molecule has 0 spiro atoms. The van der Waals surface area contributed by atoms with Crippen molar-refractivity contribution in [3.05, 3.63) is 12.7 Å². The first kappa shape index (κ1) is 9.49. The van der Waals surface area contributed by atoms with Gasteiger partial charge < -0.3 is 4.74 Å². The summed E-state index contributed by atoms with van der Waals surface area (Å²) >= 11 is 0. The van der Waals surface area contributed by atoms with E-state index in [1.807, 2.05) is 0 Å². The molecule has 0 saturated carbocycles. The Morgan fingerprint density at radius 2 is 2.10 bits per heavy atom. The van der Waals surface area contributed by atoms with E-state index in [1.165, 1.54) is 0 Å². The molecule has 0 fully saturated rings. The van der Waals surface area contributed by atoms with Crippen LogP contribution in [-0.4, -0.2) is 25.8 Å². The smallest absolute Gasteiger partial charge is 0.289 e. The summed E-state index contributed by atoms with van der Waals surface area (Å²) < 4.78 is 39.7. The van der Waals surface area contributed by atoms with Crippen LogP contribution < -0.4 is 0 Å². The highest BCUT2D eigenvalue weighted by Gasteiger charge is 2.23. The molecular formula is C6H9F3O. The topological polar surface area (TPSA) is 9.23 Å². The van der Waals surface area contributed by atoms with Gasteiger partial charge in [0.1, 0.15) is 13.3 Å². The number of ether oxygens (including phenoxy) is 1. The summed E-state index contributed by atoms with van der Waals surface area (Å²) in [5, 5.41) is 0. The Labute approximate surface area is 57.5 Å². The minimum Gasteiger partial charge on any atom is -0.372 e. The van der Waals surface area contributed by atoms with Gasteiger partial charge in [0.05, 0.1) is 6.61 Å². The van der Waals surface area contributed by atoms with Crippen LogP contribution in [0.5, 0.6) is 0 Å². The number of hydrogen-bond donors (Lipinski definition) is 0. The molecule has 0 aliphatic carbocycles. The quantitative estimate of drug-likeness (QED) is 0.433. The average molecular weight is 154 g/mol. The van der Waals surface area contributed by atoms with E-state index in [2.05, 4.69) is 11.3 Å². The van der Waals surface area contributed by atoms with Crippen molar-refractivity contribution in [2.75, 3.05) is 19.9 Å². The molecule has 0 radical (unpaired) electrons. The predicted octanol–water partition coefficient (Wildman–Crippen LogP) is 1.79. The van der Waals surface area contributed by atoms with Gasteiger partial charge in [-0.25, -0.2) is 4.39 Å². The third-order valence-electron chi connectivity index (χ3n) is 0.815. The lowest BCUT2D eigenvalue weighted by molar-refractivity contribution is -0.0420. The number of halogens is 3. The lowest BCUT2D eigenvalue weighted by atomic mass is 10.4. The van der Waals surface area contributed by atoms with E-state index in [1.54, 1.807) is 0 Å². The number of alkyl halides is 3. The molecule has 0 unspecified atom stereocenters. The van der Waals surface area contributed by atoms with Crippen LogP contribution in [0.4, 0.5) is 13.2 Å². The van der Waals surface area contributed by atoms with E-state index in [4.69, 9.17) is 0 Å². The molecule has 0 aromatic heterocycles. The van der Waals surface area contributed by atoms with Gasteiger partial charge in [-0.2, -0.15) is 8.78 Å². The molecule has 0 aliphatic rings. The molecule has 0 amide bonds. The maximum absolute atomic E-state index is 12.1. The van der Waals surface area contributed by atoms with E-state index < -0.39 is 19.2 Å². The summed E-state index contributed by atoms with van der Waals surface area (Å²) in [4.78, 5) is 0. The first-order chi connectivity index (χ1) is 4.62. The zero-order chi connectivity index (χ0) is 8.04. The minimum atomic E-state index is -3.03. The Morgan fingerprint density at radius 3 is 2.50 bits per heavy atom. The van der Waals surface area contributed by atoms with E-state index in [9.17, 15) is 13.2 Å². The first-order valence-electron chi connectivity index (χ1n) is 2.77.